The molecule has 0 radical (unpaired) electrons. The number of hydrogen-bond donors (Lipinski definition) is 1. The van der Waals surface area contributed by atoms with Crippen molar-refractivity contribution in [2.75, 3.05) is 7.05 Å². The van der Waals surface area contributed by atoms with Crippen LogP contribution in [-0.4, -0.2) is 35.2 Å². The molecule has 0 saturated carbocycles. The number of likely N-dealkylation sites (N-methyl/N-ethyl adjacent to an activating group) is 1. The summed E-state index contributed by atoms with van der Waals surface area (Å²) in [5, 5.41) is -0.394. The molecule has 0 spiro atoms. The van der Waals surface area contributed by atoms with Gasteiger partial charge in [-0.05, 0) is 41.5 Å². The number of aliphatic imine (C=N–C) groups is 1. The number of carbonyl (C=O) groups excluding carboxylic acids is 1. The van der Waals surface area contributed by atoms with Gasteiger partial charge in [0.2, 0.25) is 0 Å². The second-order valence-electron chi connectivity index (χ2n) is 7.17. The molecule has 1 unspecified atom stereocenters. The van der Waals surface area contributed by atoms with Crippen LogP contribution in [-0.2, 0) is 10.3 Å². The number of halogens is 5. The van der Waals surface area contributed by atoms with Crippen molar-refractivity contribution in [1.29, 1.82) is 0 Å². The van der Waals surface area contributed by atoms with Crippen LogP contribution in [0.15, 0.2) is 65.9 Å². The molecule has 0 fully saturated rings. The van der Waals surface area contributed by atoms with Crippen molar-refractivity contribution in [3.63, 3.8) is 0 Å². The molecule has 1 amide bonds. The van der Waals surface area contributed by atoms with E-state index in [1.165, 1.54) is 43.7 Å². The van der Waals surface area contributed by atoms with E-state index in [2.05, 4.69) is 14.7 Å². The van der Waals surface area contributed by atoms with Crippen LogP contribution < -0.4 is 10.5 Å². The summed E-state index contributed by atoms with van der Waals surface area (Å²) < 4.78 is 56.5. The molecule has 1 aliphatic rings. The van der Waals surface area contributed by atoms with Gasteiger partial charge in [0.25, 0.3) is 5.91 Å². The van der Waals surface area contributed by atoms with Crippen molar-refractivity contribution in [2.45, 2.75) is 11.9 Å². The molecule has 3 aromatic rings. The Hall–Kier alpha value is -3.66. The van der Waals surface area contributed by atoms with Gasteiger partial charge in [-0.15, -0.1) is 13.2 Å². The van der Waals surface area contributed by atoms with Gasteiger partial charge in [-0.25, -0.2) is 9.38 Å². The molecule has 1 aliphatic heterocycles. The zero-order chi connectivity index (χ0) is 24.0. The maximum Gasteiger partial charge on any atom is 0.573 e. The molecule has 0 bridgehead atoms. The molecule has 2 aromatic carbocycles. The number of nitrogens with zero attached hydrogens (tertiary/aromatic N) is 3. The lowest BCUT2D eigenvalue weighted by molar-refractivity contribution is -0.274. The number of amides is 1. The first-order valence-electron chi connectivity index (χ1n) is 9.42. The number of aromatic nitrogens is 1. The van der Waals surface area contributed by atoms with E-state index in [9.17, 15) is 22.4 Å². The predicted molar refractivity (Wildman–Crippen MR) is 113 cm³/mol. The normalized spacial score (nSPS) is 18.4. The molecule has 4 rings (SSSR count). The van der Waals surface area contributed by atoms with E-state index >= 15 is 0 Å². The Morgan fingerprint density at radius 2 is 1.82 bits per heavy atom. The molecule has 1 aromatic heterocycles. The van der Waals surface area contributed by atoms with E-state index in [1.807, 2.05) is 0 Å². The predicted octanol–water partition coefficient (Wildman–Crippen LogP) is 4.47. The molecule has 1 atom stereocenters. The number of hydrogen-bond acceptors (Lipinski definition) is 5. The fraction of sp³-hybridized carbons (Fsp3) is 0.136. The van der Waals surface area contributed by atoms with E-state index in [1.54, 1.807) is 12.1 Å². The summed E-state index contributed by atoms with van der Waals surface area (Å²) in [7, 11) is 1.40. The number of rotatable bonds is 4. The van der Waals surface area contributed by atoms with Crippen LogP contribution in [0.2, 0.25) is 5.02 Å². The highest BCUT2D eigenvalue weighted by atomic mass is 35.5. The topological polar surface area (TPSA) is 80.8 Å². The van der Waals surface area contributed by atoms with Gasteiger partial charge in [0, 0.05) is 30.6 Å². The van der Waals surface area contributed by atoms with Gasteiger partial charge in [-0.1, -0.05) is 29.8 Å². The number of pyridine rings is 1. The Labute approximate surface area is 190 Å². The maximum atomic E-state index is 14.7. The van der Waals surface area contributed by atoms with Crippen LogP contribution in [0.25, 0.3) is 11.1 Å². The Morgan fingerprint density at radius 1 is 1.12 bits per heavy atom. The van der Waals surface area contributed by atoms with E-state index in [-0.39, 0.29) is 22.6 Å². The lowest BCUT2D eigenvalue weighted by Crippen LogP contribution is -2.41. The minimum absolute atomic E-state index is 0.126. The van der Waals surface area contributed by atoms with Crippen molar-refractivity contribution in [1.82, 2.24) is 9.88 Å². The number of ether oxygens (including phenoxy) is 1. The quantitative estimate of drug-likeness (QED) is 0.561. The maximum absolute atomic E-state index is 14.7. The molecule has 6 nitrogen and oxygen atoms in total. The monoisotopic (exact) mass is 478 g/mol. The number of carbonyl (C=O) groups is 1. The zero-order valence-corrected chi connectivity index (χ0v) is 17.7. The molecule has 0 aliphatic carbocycles. The van der Waals surface area contributed by atoms with Gasteiger partial charge in [-0.2, -0.15) is 0 Å². The summed E-state index contributed by atoms with van der Waals surface area (Å²) >= 11 is 6.04. The average Bonchev–Trinajstić information content (AvgIpc) is 3.00. The average molecular weight is 479 g/mol. The van der Waals surface area contributed by atoms with Crippen LogP contribution in [0.4, 0.5) is 17.6 Å². The van der Waals surface area contributed by atoms with Gasteiger partial charge in [0.15, 0.2) is 11.5 Å². The smallest absolute Gasteiger partial charge is 0.404 e. The van der Waals surface area contributed by atoms with Crippen LogP contribution >= 0.6 is 11.6 Å². The zero-order valence-electron chi connectivity index (χ0n) is 16.9. The Morgan fingerprint density at radius 3 is 2.39 bits per heavy atom. The van der Waals surface area contributed by atoms with Gasteiger partial charge in [0.1, 0.15) is 11.6 Å². The van der Waals surface area contributed by atoms with E-state index < -0.39 is 34.4 Å². The fourth-order valence-corrected chi connectivity index (χ4v) is 3.83. The van der Waals surface area contributed by atoms with Crippen molar-refractivity contribution in [3.05, 3.63) is 82.9 Å². The molecule has 170 valence electrons. The minimum atomic E-state index is -4.95. The lowest BCUT2D eigenvalue weighted by atomic mass is 9.81. The first-order valence-corrected chi connectivity index (χ1v) is 9.80. The summed E-state index contributed by atoms with van der Waals surface area (Å²) in [6.07, 6.45) is -1.97. The van der Waals surface area contributed by atoms with Crippen LogP contribution in [0.5, 0.6) is 5.75 Å². The third kappa shape index (κ3) is 3.97. The van der Waals surface area contributed by atoms with Gasteiger partial charge in [0.05, 0.1) is 5.02 Å². The van der Waals surface area contributed by atoms with E-state index in [0.29, 0.717) is 5.56 Å². The van der Waals surface area contributed by atoms with E-state index in [4.69, 9.17) is 17.3 Å². The summed E-state index contributed by atoms with van der Waals surface area (Å²) in [6.45, 7) is 0. The highest BCUT2D eigenvalue weighted by Gasteiger charge is 2.50. The Kier molecular flexibility index (Phi) is 5.49. The third-order valence-electron chi connectivity index (χ3n) is 5.17. The second-order valence-corrected chi connectivity index (χ2v) is 7.58. The summed E-state index contributed by atoms with van der Waals surface area (Å²) in [6, 6.07) is 10.6. The molecule has 0 saturated heterocycles. The standard InChI is InChI=1S/C22H15ClF4N4O2/c1-31-19(32)21(30-20(31)28,14-5-7-18(16(23)10-14)33-22(25,26)27)13-4-6-17(24)15(9-13)12-3-2-8-29-11-12/h2-11H,1H3,(H2,28,30). The number of nitrogens with two attached hydrogens (primary N) is 1. The molecule has 2 heterocycles. The van der Waals surface area contributed by atoms with Gasteiger partial charge in [-0.3, -0.25) is 14.7 Å². The Balaban J connectivity index is 1.92. The third-order valence-corrected chi connectivity index (χ3v) is 5.47. The fourth-order valence-electron chi connectivity index (χ4n) is 3.61. The van der Waals surface area contributed by atoms with Crippen molar-refractivity contribution in [2.24, 2.45) is 10.7 Å². The molecule has 2 N–H and O–H groups in total. The SMILES string of the molecule is CN1C(=O)C(c2ccc(OC(F)(F)F)c(Cl)c2)(c2ccc(F)c(-c3cccnc3)c2)N=C1N. The molecule has 11 heteroatoms. The largest absolute Gasteiger partial charge is 0.573 e. The molecular formula is C22H15ClF4N4O2. The number of alkyl halides is 3. The summed E-state index contributed by atoms with van der Waals surface area (Å²) in [5.41, 5.74) is 5.08. The van der Waals surface area contributed by atoms with Gasteiger partial charge >= 0.3 is 6.36 Å². The first kappa shape index (κ1) is 22.5. The second kappa shape index (κ2) is 8.04. The molecular weight excluding hydrogens is 464 g/mol. The summed E-state index contributed by atoms with van der Waals surface area (Å²) in [4.78, 5) is 22.8. The highest BCUT2D eigenvalue weighted by Crippen LogP contribution is 2.43. The number of benzene rings is 2. The highest BCUT2D eigenvalue weighted by molar-refractivity contribution is 6.32. The number of guanidine groups is 1. The first-order chi connectivity index (χ1) is 15.5. The molecule has 33 heavy (non-hydrogen) atoms. The van der Waals surface area contributed by atoms with Crippen molar-refractivity contribution < 1.29 is 27.1 Å². The summed E-state index contributed by atoms with van der Waals surface area (Å²) in [5.74, 6) is -1.93. The van der Waals surface area contributed by atoms with Crippen molar-refractivity contribution in [3.8, 4) is 16.9 Å². The van der Waals surface area contributed by atoms with Crippen LogP contribution in [0.1, 0.15) is 11.1 Å². The van der Waals surface area contributed by atoms with Crippen LogP contribution in [0.3, 0.4) is 0 Å². The van der Waals surface area contributed by atoms with Gasteiger partial charge < -0.3 is 10.5 Å². The van der Waals surface area contributed by atoms with Crippen LogP contribution in [0, 0.1) is 5.82 Å². The lowest BCUT2D eigenvalue weighted by Gasteiger charge is -2.27. The minimum Gasteiger partial charge on any atom is -0.404 e. The Bertz CT molecular complexity index is 1270. The van der Waals surface area contributed by atoms with E-state index in [0.717, 1.165) is 17.0 Å². The van der Waals surface area contributed by atoms with Crippen molar-refractivity contribution >= 4 is 23.5 Å².